The lowest BCUT2D eigenvalue weighted by molar-refractivity contribution is 0.604. The van der Waals surface area contributed by atoms with Crippen molar-refractivity contribution in [3.63, 3.8) is 0 Å². The van der Waals surface area contributed by atoms with E-state index in [1.54, 1.807) is 6.33 Å². The van der Waals surface area contributed by atoms with Crippen molar-refractivity contribution in [2.75, 3.05) is 5.32 Å². The van der Waals surface area contributed by atoms with Gasteiger partial charge in [0.05, 0.1) is 36.9 Å². The minimum atomic E-state index is -0.496. The number of nitrogens with one attached hydrogen (secondary N) is 1. The highest BCUT2D eigenvalue weighted by Crippen LogP contribution is 2.15. The van der Waals surface area contributed by atoms with Crippen molar-refractivity contribution >= 4 is 17.5 Å². The molecule has 1 atom stereocenters. The Labute approximate surface area is 183 Å². The summed E-state index contributed by atoms with van der Waals surface area (Å²) >= 11 is 6.08. The van der Waals surface area contributed by atoms with E-state index in [9.17, 15) is 4.39 Å². The molecule has 8 nitrogen and oxygen atoms in total. The summed E-state index contributed by atoms with van der Waals surface area (Å²) in [7, 11) is 0. The van der Waals surface area contributed by atoms with Crippen LogP contribution in [-0.2, 0) is 19.4 Å². The van der Waals surface area contributed by atoms with Crippen LogP contribution in [0.1, 0.15) is 35.9 Å². The van der Waals surface area contributed by atoms with E-state index in [0.717, 1.165) is 31.1 Å². The summed E-state index contributed by atoms with van der Waals surface area (Å²) in [5.74, 6) is 0.697. The molecule has 3 heterocycles. The fraction of sp³-hybridized carbons (Fsp3) is 0.238. The molecule has 31 heavy (non-hydrogen) atoms. The van der Waals surface area contributed by atoms with Crippen LogP contribution in [0, 0.1) is 5.82 Å². The summed E-state index contributed by atoms with van der Waals surface area (Å²) in [6, 6.07) is 9.95. The molecule has 0 aliphatic carbocycles. The predicted molar refractivity (Wildman–Crippen MR) is 114 cm³/mol. The number of anilines is 1. The maximum Gasteiger partial charge on any atom is 0.227 e. The normalized spacial score (nSPS) is 12.0. The van der Waals surface area contributed by atoms with Crippen LogP contribution in [0.25, 0.3) is 0 Å². The molecule has 10 heteroatoms. The molecule has 1 N–H and O–H groups in total. The summed E-state index contributed by atoms with van der Waals surface area (Å²) in [6.07, 6.45) is 7.33. The van der Waals surface area contributed by atoms with Gasteiger partial charge in [0, 0.05) is 12.7 Å². The van der Waals surface area contributed by atoms with Gasteiger partial charge in [0.15, 0.2) is 5.82 Å². The van der Waals surface area contributed by atoms with Gasteiger partial charge in [-0.2, -0.15) is 9.97 Å². The van der Waals surface area contributed by atoms with Gasteiger partial charge in [-0.15, -0.1) is 0 Å². The van der Waals surface area contributed by atoms with Gasteiger partial charge in [-0.3, -0.25) is 0 Å². The summed E-state index contributed by atoms with van der Waals surface area (Å²) in [5, 5.41) is 3.14. The first-order chi connectivity index (χ1) is 15.0. The smallest absolute Gasteiger partial charge is 0.227 e. The van der Waals surface area contributed by atoms with E-state index in [1.807, 2.05) is 35.9 Å². The van der Waals surface area contributed by atoms with Gasteiger partial charge in [-0.1, -0.05) is 30.3 Å². The van der Waals surface area contributed by atoms with Crippen LogP contribution in [0.3, 0.4) is 0 Å². The zero-order valence-electron chi connectivity index (χ0n) is 16.8. The number of benzene rings is 1. The predicted octanol–water partition coefficient (Wildman–Crippen LogP) is 3.66. The van der Waals surface area contributed by atoms with Crippen molar-refractivity contribution in [1.82, 2.24) is 34.5 Å². The molecule has 4 rings (SSSR count). The average molecular weight is 439 g/mol. The van der Waals surface area contributed by atoms with Gasteiger partial charge >= 0.3 is 0 Å². The number of aryl methyl sites for hydroxylation is 2. The molecule has 0 amide bonds. The Hall–Kier alpha value is -3.46. The third kappa shape index (κ3) is 5.79. The summed E-state index contributed by atoms with van der Waals surface area (Å²) in [6.45, 7) is 2.65. The first-order valence-electron chi connectivity index (χ1n) is 9.74. The van der Waals surface area contributed by atoms with Crippen molar-refractivity contribution in [2.24, 2.45) is 0 Å². The lowest BCUT2D eigenvalue weighted by Gasteiger charge is -2.12. The second-order valence-corrected chi connectivity index (χ2v) is 7.32. The molecule has 0 fully saturated rings. The molecule has 158 valence electrons. The Bertz CT molecular complexity index is 1130. The Kier molecular flexibility index (Phi) is 6.42. The van der Waals surface area contributed by atoms with E-state index in [-0.39, 0.29) is 11.3 Å². The molecule has 1 aromatic carbocycles. The van der Waals surface area contributed by atoms with Crippen LogP contribution in [0.15, 0.2) is 55.2 Å². The number of aromatic nitrogens is 7. The zero-order chi connectivity index (χ0) is 21.6. The average Bonchev–Trinajstić information content (AvgIpc) is 3.20. The molecule has 0 saturated carbocycles. The van der Waals surface area contributed by atoms with Crippen LogP contribution in [0.2, 0.25) is 5.28 Å². The van der Waals surface area contributed by atoms with Crippen LogP contribution in [0.5, 0.6) is 0 Å². The Morgan fingerprint density at radius 3 is 2.61 bits per heavy atom. The highest BCUT2D eigenvalue weighted by molar-refractivity contribution is 6.28. The largest absolute Gasteiger partial charge is 0.344 e. The minimum absolute atomic E-state index is 0.0724. The second-order valence-electron chi connectivity index (χ2n) is 6.98. The van der Waals surface area contributed by atoms with Crippen molar-refractivity contribution in [1.29, 1.82) is 0 Å². The number of rotatable bonds is 8. The SMILES string of the molecule is C[C@H](Nc1nc(Cl)nc(Cc2cn(CCc3ccccc3)cn2)n1)c1ncc(F)cn1. The highest BCUT2D eigenvalue weighted by atomic mass is 35.5. The van der Waals surface area contributed by atoms with Gasteiger partial charge in [0.25, 0.3) is 0 Å². The van der Waals surface area contributed by atoms with Crippen molar-refractivity contribution in [3.05, 3.63) is 89.3 Å². The number of hydrogen-bond acceptors (Lipinski definition) is 7. The second kappa shape index (κ2) is 9.57. The lowest BCUT2D eigenvalue weighted by atomic mass is 10.1. The van der Waals surface area contributed by atoms with Crippen molar-refractivity contribution < 1.29 is 4.39 Å². The number of halogens is 2. The summed E-state index contributed by atoms with van der Waals surface area (Å²) in [4.78, 5) is 25.1. The molecule has 0 bridgehead atoms. The van der Waals surface area contributed by atoms with E-state index in [1.165, 1.54) is 5.56 Å². The van der Waals surface area contributed by atoms with Gasteiger partial charge in [-0.05, 0) is 30.5 Å². The fourth-order valence-corrected chi connectivity index (χ4v) is 3.20. The Morgan fingerprint density at radius 1 is 1.06 bits per heavy atom. The molecule has 0 spiro atoms. The molecular formula is C21H20ClFN8. The maximum atomic E-state index is 13.0. The van der Waals surface area contributed by atoms with E-state index in [2.05, 4.69) is 47.4 Å². The lowest BCUT2D eigenvalue weighted by Crippen LogP contribution is -2.14. The highest BCUT2D eigenvalue weighted by Gasteiger charge is 2.13. The molecule has 3 aromatic heterocycles. The van der Waals surface area contributed by atoms with Crippen LogP contribution < -0.4 is 5.32 Å². The zero-order valence-corrected chi connectivity index (χ0v) is 17.5. The Morgan fingerprint density at radius 2 is 1.84 bits per heavy atom. The quantitative estimate of drug-likeness (QED) is 0.448. The third-order valence-electron chi connectivity index (χ3n) is 4.56. The molecule has 4 aromatic rings. The standard InChI is InChI=1S/C21H20ClFN8/c1-14(19-24-10-16(23)11-25-19)27-21-29-18(28-20(22)30-21)9-17-12-31(13-26-17)8-7-15-5-3-2-4-6-15/h2-6,10-14H,7-9H2,1H3,(H,27,28,29,30)/t14-/m0/s1. The monoisotopic (exact) mass is 438 g/mol. The molecule has 0 unspecified atom stereocenters. The van der Waals surface area contributed by atoms with Crippen LogP contribution in [-0.4, -0.2) is 34.5 Å². The molecule has 0 saturated heterocycles. The van der Waals surface area contributed by atoms with E-state index >= 15 is 0 Å². The van der Waals surface area contributed by atoms with Gasteiger partial charge in [-0.25, -0.2) is 24.3 Å². The molecule has 0 aliphatic heterocycles. The first-order valence-corrected chi connectivity index (χ1v) is 10.1. The topological polar surface area (TPSA) is 94.3 Å². The van der Waals surface area contributed by atoms with E-state index in [4.69, 9.17) is 11.6 Å². The molecule has 0 radical (unpaired) electrons. The molecule has 0 aliphatic rings. The van der Waals surface area contributed by atoms with Gasteiger partial charge in [0.2, 0.25) is 11.2 Å². The van der Waals surface area contributed by atoms with Crippen LogP contribution >= 0.6 is 11.6 Å². The molecular weight excluding hydrogens is 419 g/mol. The Balaban J connectivity index is 1.40. The van der Waals surface area contributed by atoms with Crippen molar-refractivity contribution in [3.8, 4) is 0 Å². The summed E-state index contributed by atoms with van der Waals surface area (Å²) in [5.41, 5.74) is 2.10. The first kappa shape index (κ1) is 20.8. The number of hydrogen-bond donors (Lipinski definition) is 1. The maximum absolute atomic E-state index is 13.0. The van der Waals surface area contributed by atoms with E-state index < -0.39 is 5.82 Å². The van der Waals surface area contributed by atoms with Gasteiger partial charge in [0.1, 0.15) is 11.6 Å². The minimum Gasteiger partial charge on any atom is -0.344 e. The summed E-state index contributed by atoms with van der Waals surface area (Å²) < 4.78 is 15.1. The van der Waals surface area contributed by atoms with E-state index in [0.29, 0.717) is 24.0 Å². The number of nitrogens with zero attached hydrogens (tertiary/aromatic N) is 7. The van der Waals surface area contributed by atoms with Crippen molar-refractivity contribution in [2.45, 2.75) is 32.4 Å². The van der Waals surface area contributed by atoms with Gasteiger partial charge < -0.3 is 9.88 Å². The third-order valence-corrected chi connectivity index (χ3v) is 4.72. The number of imidazole rings is 1. The fourth-order valence-electron chi connectivity index (χ4n) is 3.02. The van der Waals surface area contributed by atoms with Crippen LogP contribution in [0.4, 0.5) is 10.3 Å².